The van der Waals surface area contributed by atoms with Gasteiger partial charge in [0.15, 0.2) is 0 Å². The van der Waals surface area contributed by atoms with Crippen LogP contribution in [0.1, 0.15) is 13.8 Å². The Morgan fingerprint density at radius 1 is 1.11 bits per heavy atom. The highest BCUT2D eigenvalue weighted by atomic mass is 32.3. The largest absolute Gasteiger partial charge is 0.245 e. The lowest BCUT2D eigenvalue weighted by atomic mass is 11.0. The minimum atomic E-state index is 0.226. The van der Waals surface area contributed by atoms with Crippen LogP contribution in [0.5, 0.6) is 0 Å². The second kappa shape index (κ2) is 6.09. The molecule has 2 atom stereocenters. The van der Waals surface area contributed by atoms with Crippen LogP contribution < -0.4 is 0 Å². The molecule has 0 N–H and O–H groups in total. The van der Waals surface area contributed by atoms with E-state index < -0.39 is 0 Å². The maximum Gasteiger partial charge on any atom is 0.0719 e. The van der Waals surface area contributed by atoms with E-state index in [0.717, 1.165) is 0 Å². The summed E-state index contributed by atoms with van der Waals surface area (Å²) in [5, 5.41) is 0. The van der Waals surface area contributed by atoms with Crippen LogP contribution in [0.4, 0.5) is 0 Å². The normalized spacial score (nSPS) is 17.3. The lowest BCUT2D eigenvalue weighted by Gasteiger charge is -2.03. The highest BCUT2D eigenvalue weighted by molar-refractivity contribution is 8.16. The van der Waals surface area contributed by atoms with E-state index in [1.165, 1.54) is 24.1 Å². The third-order valence-corrected chi connectivity index (χ3v) is 2.06. The van der Waals surface area contributed by atoms with Crippen molar-refractivity contribution >= 4 is 49.3 Å². The summed E-state index contributed by atoms with van der Waals surface area (Å²) in [5.74, 6) is 0. The molecule has 0 fully saturated rings. The summed E-state index contributed by atoms with van der Waals surface area (Å²) in [5.41, 5.74) is 0. The van der Waals surface area contributed by atoms with Crippen molar-refractivity contribution in [3.63, 3.8) is 0 Å². The molecule has 0 aromatic carbocycles. The molecule has 0 spiro atoms. The van der Waals surface area contributed by atoms with Gasteiger partial charge in [-0.2, -0.15) is 25.3 Å². The third kappa shape index (κ3) is 9.36. The van der Waals surface area contributed by atoms with Crippen molar-refractivity contribution in [2.45, 2.75) is 23.0 Å². The zero-order valence-electron chi connectivity index (χ0n) is 5.27. The fourth-order valence-corrected chi connectivity index (χ4v) is 1.86. The monoisotopic (exact) mass is 202 g/mol. The highest BCUT2D eigenvalue weighted by Gasteiger charge is 1.98. The highest BCUT2D eigenvalue weighted by Crippen LogP contribution is 2.25. The summed E-state index contributed by atoms with van der Waals surface area (Å²) in [4.78, 5) is 0. The summed E-state index contributed by atoms with van der Waals surface area (Å²) >= 11 is 10.9. The first-order valence-electron chi connectivity index (χ1n) is 2.48. The molecule has 0 saturated carbocycles. The van der Waals surface area contributed by atoms with E-state index in [0.29, 0.717) is 0 Å². The summed E-state index contributed by atoms with van der Waals surface area (Å²) < 4.78 is 5.49. The van der Waals surface area contributed by atoms with Gasteiger partial charge in [-0.25, -0.2) is 3.63 Å². The predicted molar refractivity (Wildman–Crippen MR) is 53.2 cm³/mol. The zero-order valence-corrected chi connectivity index (χ0v) is 8.70. The number of hydrogen-bond donors (Lipinski definition) is 2. The van der Waals surface area contributed by atoms with Crippen LogP contribution in [0.3, 0.4) is 0 Å². The Morgan fingerprint density at radius 2 is 1.44 bits per heavy atom. The first kappa shape index (κ1) is 10.4. The van der Waals surface area contributed by atoms with Crippen LogP contribution >= 0.6 is 49.3 Å². The van der Waals surface area contributed by atoms with Crippen molar-refractivity contribution in [1.29, 1.82) is 0 Å². The molecule has 0 radical (unpaired) electrons. The van der Waals surface area contributed by atoms with E-state index in [1.54, 1.807) is 0 Å². The Hall–Kier alpha value is 1.36. The van der Waals surface area contributed by atoms with Crippen LogP contribution in [0.2, 0.25) is 0 Å². The molecule has 56 valence electrons. The van der Waals surface area contributed by atoms with Crippen LogP contribution in [0, 0.1) is 0 Å². The lowest BCUT2D eigenvalue weighted by molar-refractivity contribution is 0.754. The zero-order chi connectivity index (χ0) is 7.28. The van der Waals surface area contributed by atoms with Crippen LogP contribution in [0.25, 0.3) is 0 Å². The number of rotatable bonds is 4. The second-order valence-corrected chi connectivity index (χ2v) is 6.05. The topological polar surface area (TPSA) is 9.23 Å². The fourth-order valence-electron chi connectivity index (χ4n) is 0.136. The molecule has 0 bridgehead atoms. The first-order valence-corrected chi connectivity index (χ1v) is 5.12. The fraction of sp³-hybridized carbons (Fsp3) is 1.00. The summed E-state index contributed by atoms with van der Waals surface area (Å²) in [7, 11) is 0. The van der Waals surface area contributed by atoms with E-state index in [-0.39, 0.29) is 9.16 Å². The van der Waals surface area contributed by atoms with Crippen molar-refractivity contribution in [2.24, 2.45) is 0 Å². The SMILES string of the molecule is CC(S)SOSC(C)S. The molecular weight excluding hydrogens is 192 g/mol. The van der Waals surface area contributed by atoms with Gasteiger partial charge in [0.05, 0.1) is 9.16 Å². The molecule has 9 heavy (non-hydrogen) atoms. The third-order valence-electron chi connectivity index (χ3n) is 0.357. The van der Waals surface area contributed by atoms with E-state index in [1.807, 2.05) is 13.8 Å². The summed E-state index contributed by atoms with van der Waals surface area (Å²) in [6.45, 7) is 3.91. The van der Waals surface area contributed by atoms with Gasteiger partial charge in [0.1, 0.15) is 0 Å². The smallest absolute Gasteiger partial charge is 0.0719 e. The van der Waals surface area contributed by atoms with E-state index in [4.69, 9.17) is 3.63 Å². The molecule has 1 nitrogen and oxygen atoms in total. The summed E-state index contributed by atoms with van der Waals surface area (Å²) in [6.07, 6.45) is 0. The molecule has 0 aromatic heterocycles. The molecule has 5 heteroatoms. The summed E-state index contributed by atoms with van der Waals surface area (Å²) in [6, 6.07) is 0. The molecule has 0 aliphatic carbocycles. The predicted octanol–water partition coefficient (Wildman–Crippen LogP) is 2.85. The Labute approximate surface area is 75.9 Å². The van der Waals surface area contributed by atoms with E-state index in [2.05, 4.69) is 25.3 Å². The minimum Gasteiger partial charge on any atom is -0.245 e. The van der Waals surface area contributed by atoms with Crippen LogP contribution in [-0.2, 0) is 3.63 Å². The molecule has 0 heterocycles. The van der Waals surface area contributed by atoms with Crippen LogP contribution in [0.15, 0.2) is 0 Å². The Balaban J connectivity index is 2.91. The molecule has 2 unspecified atom stereocenters. The van der Waals surface area contributed by atoms with Gasteiger partial charge < -0.3 is 0 Å². The molecule has 0 aliphatic heterocycles. The van der Waals surface area contributed by atoms with Crippen molar-refractivity contribution in [3.8, 4) is 0 Å². The van der Waals surface area contributed by atoms with E-state index in [9.17, 15) is 0 Å². The Kier molecular flexibility index (Phi) is 7.02. The quantitative estimate of drug-likeness (QED) is 0.412. The van der Waals surface area contributed by atoms with Crippen molar-refractivity contribution in [1.82, 2.24) is 0 Å². The van der Waals surface area contributed by atoms with E-state index >= 15 is 0 Å². The van der Waals surface area contributed by atoms with Gasteiger partial charge in [0.25, 0.3) is 0 Å². The van der Waals surface area contributed by atoms with Crippen molar-refractivity contribution in [2.75, 3.05) is 0 Å². The van der Waals surface area contributed by atoms with Crippen LogP contribution in [-0.4, -0.2) is 9.16 Å². The van der Waals surface area contributed by atoms with Gasteiger partial charge in [-0.15, -0.1) is 0 Å². The first-order chi connectivity index (χ1) is 4.13. The Morgan fingerprint density at radius 3 is 1.67 bits per heavy atom. The number of hydrogen-bond acceptors (Lipinski definition) is 5. The van der Waals surface area contributed by atoms with Gasteiger partial charge in [0.2, 0.25) is 0 Å². The molecule has 0 rings (SSSR count). The molecule has 0 amide bonds. The lowest BCUT2D eigenvalue weighted by Crippen LogP contribution is -1.84. The Bertz CT molecular complexity index is 57.6. The molecule has 0 saturated heterocycles. The van der Waals surface area contributed by atoms with Gasteiger partial charge >= 0.3 is 0 Å². The number of thiol groups is 2. The van der Waals surface area contributed by atoms with Crippen molar-refractivity contribution in [3.05, 3.63) is 0 Å². The van der Waals surface area contributed by atoms with Gasteiger partial charge in [-0.1, -0.05) is 0 Å². The molecule has 0 aliphatic rings. The second-order valence-electron chi connectivity index (χ2n) is 1.46. The average molecular weight is 202 g/mol. The minimum absolute atomic E-state index is 0.226. The van der Waals surface area contributed by atoms with Gasteiger partial charge in [-0.3, -0.25) is 0 Å². The average Bonchev–Trinajstić information content (AvgIpc) is 1.63. The van der Waals surface area contributed by atoms with Gasteiger partial charge in [-0.05, 0) is 13.8 Å². The molecule has 0 aromatic rings. The standard InChI is InChI=1S/C4H10OS4/c1-3(6)8-5-9-4(2)7/h3-4,6-7H,1-2H3. The maximum atomic E-state index is 5.04. The van der Waals surface area contributed by atoms with Crippen molar-refractivity contribution < 1.29 is 3.63 Å². The maximum absolute atomic E-state index is 5.04. The van der Waals surface area contributed by atoms with Gasteiger partial charge in [0, 0.05) is 24.1 Å². The molecular formula is C4H10OS4.